The number of benzene rings is 2. The molecule has 0 amide bonds. The van der Waals surface area contributed by atoms with Crippen LogP contribution in [-0.4, -0.2) is 11.1 Å². The van der Waals surface area contributed by atoms with Crippen molar-refractivity contribution in [2.45, 2.75) is 13.5 Å². The van der Waals surface area contributed by atoms with Gasteiger partial charge in [0.15, 0.2) is 0 Å². The molecule has 0 saturated carbocycles. The smallest absolute Gasteiger partial charge is 0.335 e. The predicted octanol–water partition coefficient (Wildman–Crippen LogP) is 3.44. The second-order valence-electron chi connectivity index (χ2n) is 4.33. The quantitative estimate of drug-likeness (QED) is 0.884. The Labute approximate surface area is 110 Å². The molecule has 0 unspecified atom stereocenters. The Balaban J connectivity index is 2.15. The van der Waals surface area contributed by atoms with Crippen molar-refractivity contribution in [1.29, 1.82) is 0 Å². The fraction of sp³-hybridized carbons (Fsp3) is 0.133. The van der Waals surface area contributed by atoms with Crippen molar-refractivity contribution in [1.82, 2.24) is 0 Å². The van der Waals surface area contributed by atoms with Crippen LogP contribution in [0.15, 0.2) is 42.5 Å². The highest BCUT2D eigenvalue weighted by atomic mass is 19.1. The molecule has 0 aliphatic heterocycles. The number of nitrogens with one attached hydrogen (secondary N) is 1. The first-order chi connectivity index (χ1) is 9.06. The largest absolute Gasteiger partial charge is 0.478 e. The highest BCUT2D eigenvalue weighted by molar-refractivity contribution is 5.87. The van der Waals surface area contributed by atoms with E-state index in [1.54, 1.807) is 0 Å². The molecule has 2 rings (SSSR count). The van der Waals surface area contributed by atoms with E-state index in [9.17, 15) is 9.18 Å². The molecule has 0 spiro atoms. The summed E-state index contributed by atoms with van der Waals surface area (Å²) in [6.45, 7) is 2.22. The van der Waals surface area contributed by atoms with Crippen LogP contribution in [0.1, 0.15) is 21.5 Å². The molecule has 0 fully saturated rings. The van der Waals surface area contributed by atoms with Gasteiger partial charge in [-0.25, -0.2) is 9.18 Å². The van der Waals surface area contributed by atoms with Gasteiger partial charge in [0.2, 0.25) is 0 Å². The maximum absolute atomic E-state index is 13.6. The Morgan fingerprint density at radius 2 is 2.05 bits per heavy atom. The van der Waals surface area contributed by atoms with Crippen molar-refractivity contribution < 1.29 is 14.3 Å². The lowest BCUT2D eigenvalue weighted by atomic mass is 10.1. The van der Waals surface area contributed by atoms with Gasteiger partial charge >= 0.3 is 5.97 Å². The van der Waals surface area contributed by atoms with Gasteiger partial charge in [0.1, 0.15) is 5.82 Å². The molecule has 2 N–H and O–H groups in total. The summed E-state index contributed by atoms with van der Waals surface area (Å²) in [7, 11) is 0. The molecule has 98 valence electrons. The molecule has 0 bridgehead atoms. The van der Waals surface area contributed by atoms with Crippen LogP contribution < -0.4 is 5.32 Å². The minimum atomic E-state index is -1.06. The summed E-state index contributed by atoms with van der Waals surface area (Å²) in [5.74, 6) is -1.47. The van der Waals surface area contributed by atoms with E-state index in [0.29, 0.717) is 5.56 Å². The number of halogens is 1. The molecule has 0 aliphatic rings. The zero-order chi connectivity index (χ0) is 13.8. The number of rotatable bonds is 4. The molecule has 0 saturated heterocycles. The number of hydrogen-bond acceptors (Lipinski definition) is 2. The summed E-state index contributed by atoms with van der Waals surface area (Å²) in [5, 5.41) is 12.0. The van der Waals surface area contributed by atoms with Crippen LogP contribution in [0.2, 0.25) is 0 Å². The number of aromatic carboxylic acids is 1. The van der Waals surface area contributed by atoms with E-state index in [4.69, 9.17) is 5.11 Å². The maximum atomic E-state index is 13.6. The predicted molar refractivity (Wildman–Crippen MR) is 71.9 cm³/mol. The van der Waals surface area contributed by atoms with E-state index in [1.165, 1.54) is 18.2 Å². The van der Waals surface area contributed by atoms with Gasteiger partial charge in [0.25, 0.3) is 0 Å². The van der Waals surface area contributed by atoms with Gasteiger partial charge in [-0.3, -0.25) is 0 Å². The lowest BCUT2D eigenvalue weighted by Gasteiger charge is -2.09. The van der Waals surface area contributed by atoms with Crippen LogP contribution in [0.4, 0.5) is 10.1 Å². The van der Waals surface area contributed by atoms with Crippen molar-refractivity contribution in [3.05, 3.63) is 65.0 Å². The zero-order valence-corrected chi connectivity index (χ0v) is 10.5. The van der Waals surface area contributed by atoms with Gasteiger partial charge in [-0.15, -0.1) is 0 Å². The van der Waals surface area contributed by atoms with Crippen LogP contribution in [0.5, 0.6) is 0 Å². The monoisotopic (exact) mass is 259 g/mol. The summed E-state index contributed by atoms with van der Waals surface area (Å²) in [5.41, 5.74) is 2.40. The van der Waals surface area contributed by atoms with E-state index in [2.05, 4.69) is 5.32 Å². The maximum Gasteiger partial charge on any atom is 0.335 e. The molecule has 3 nitrogen and oxygen atoms in total. The highest BCUT2D eigenvalue weighted by Crippen LogP contribution is 2.15. The Bertz CT molecular complexity index is 611. The molecular weight excluding hydrogens is 245 g/mol. The first kappa shape index (κ1) is 13.1. The van der Waals surface area contributed by atoms with Crippen LogP contribution >= 0.6 is 0 Å². The SMILES string of the molecule is Cc1cccc(NCc2cc(C(=O)O)ccc2F)c1. The van der Waals surface area contributed by atoms with E-state index in [0.717, 1.165) is 11.3 Å². The molecule has 0 atom stereocenters. The normalized spacial score (nSPS) is 10.2. The van der Waals surface area contributed by atoms with E-state index >= 15 is 0 Å². The number of aryl methyl sites for hydroxylation is 1. The van der Waals surface area contributed by atoms with Crippen LogP contribution in [-0.2, 0) is 6.54 Å². The minimum Gasteiger partial charge on any atom is -0.478 e. The summed E-state index contributed by atoms with van der Waals surface area (Å²) in [6.07, 6.45) is 0. The van der Waals surface area contributed by atoms with E-state index in [-0.39, 0.29) is 12.1 Å². The Kier molecular flexibility index (Phi) is 3.80. The summed E-state index contributed by atoms with van der Waals surface area (Å²) in [6, 6.07) is 11.5. The lowest BCUT2D eigenvalue weighted by Crippen LogP contribution is -2.05. The van der Waals surface area contributed by atoms with Crippen molar-refractivity contribution >= 4 is 11.7 Å². The number of hydrogen-bond donors (Lipinski definition) is 2. The zero-order valence-electron chi connectivity index (χ0n) is 10.5. The minimum absolute atomic E-state index is 0.0856. The molecule has 19 heavy (non-hydrogen) atoms. The second-order valence-corrected chi connectivity index (χ2v) is 4.33. The lowest BCUT2D eigenvalue weighted by molar-refractivity contribution is 0.0696. The third-order valence-electron chi connectivity index (χ3n) is 2.79. The summed E-state index contributed by atoms with van der Waals surface area (Å²) in [4.78, 5) is 10.8. The molecule has 0 heterocycles. The molecular formula is C15H14FNO2. The third kappa shape index (κ3) is 3.31. The number of carboxylic acids is 1. The first-order valence-corrected chi connectivity index (χ1v) is 5.88. The van der Waals surface area contributed by atoms with E-state index < -0.39 is 11.8 Å². The van der Waals surface area contributed by atoms with Gasteiger partial charge in [-0.05, 0) is 42.8 Å². The number of carboxylic acid groups (broad SMARTS) is 1. The molecule has 4 heteroatoms. The fourth-order valence-corrected chi connectivity index (χ4v) is 1.80. The van der Waals surface area contributed by atoms with Gasteiger partial charge in [-0.1, -0.05) is 12.1 Å². The molecule has 0 aliphatic carbocycles. The highest BCUT2D eigenvalue weighted by Gasteiger charge is 2.08. The molecule has 0 aromatic heterocycles. The average molecular weight is 259 g/mol. The van der Waals surface area contributed by atoms with Crippen molar-refractivity contribution in [2.24, 2.45) is 0 Å². The standard InChI is InChI=1S/C15H14FNO2/c1-10-3-2-4-13(7-10)17-9-12-8-11(15(18)19)5-6-14(12)16/h2-8,17H,9H2,1H3,(H,18,19). The summed E-state index contributed by atoms with van der Waals surface area (Å²) >= 11 is 0. The molecule has 2 aromatic carbocycles. The molecule has 2 aromatic rings. The topological polar surface area (TPSA) is 49.3 Å². The summed E-state index contributed by atoms with van der Waals surface area (Å²) < 4.78 is 13.6. The fourth-order valence-electron chi connectivity index (χ4n) is 1.80. The first-order valence-electron chi connectivity index (χ1n) is 5.88. The van der Waals surface area contributed by atoms with Crippen molar-refractivity contribution in [3.8, 4) is 0 Å². The van der Waals surface area contributed by atoms with Crippen LogP contribution in [0, 0.1) is 12.7 Å². The Morgan fingerprint density at radius 1 is 1.26 bits per heavy atom. The van der Waals surface area contributed by atoms with Gasteiger partial charge in [-0.2, -0.15) is 0 Å². The van der Waals surface area contributed by atoms with Gasteiger partial charge in [0.05, 0.1) is 5.56 Å². The Morgan fingerprint density at radius 3 is 2.74 bits per heavy atom. The van der Waals surface area contributed by atoms with Gasteiger partial charge in [0, 0.05) is 17.8 Å². The Hall–Kier alpha value is -2.36. The van der Waals surface area contributed by atoms with Crippen molar-refractivity contribution in [3.63, 3.8) is 0 Å². The van der Waals surface area contributed by atoms with Crippen LogP contribution in [0.25, 0.3) is 0 Å². The molecule has 0 radical (unpaired) electrons. The average Bonchev–Trinajstić information content (AvgIpc) is 2.37. The van der Waals surface area contributed by atoms with Gasteiger partial charge < -0.3 is 10.4 Å². The third-order valence-corrected chi connectivity index (χ3v) is 2.79. The number of anilines is 1. The van der Waals surface area contributed by atoms with E-state index in [1.807, 2.05) is 31.2 Å². The van der Waals surface area contributed by atoms with Crippen LogP contribution in [0.3, 0.4) is 0 Å². The number of carbonyl (C=O) groups is 1. The second kappa shape index (κ2) is 5.52. The van der Waals surface area contributed by atoms with Crippen molar-refractivity contribution in [2.75, 3.05) is 5.32 Å².